The fourth-order valence-electron chi connectivity index (χ4n) is 1.95. The molecule has 0 spiro atoms. The summed E-state index contributed by atoms with van der Waals surface area (Å²) in [6.45, 7) is -0.106. The van der Waals surface area contributed by atoms with Crippen molar-refractivity contribution in [3.63, 3.8) is 0 Å². The van der Waals surface area contributed by atoms with E-state index in [9.17, 15) is 20.3 Å². The molecule has 0 aliphatic carbocycles. The van der Waals surface area contributed by atoms with Gasteiger partial charge in [-0.2, -0.15) is 0 Å². The lowest BCUT2D eigenvalue weighted by Gasteiger charge is -2.18. The molecule has 7 heteroatoms. The fraction of sp³-hybridized carbons (Fsp3) is 0.250. The van der Waals surface area contributed by atoms with Gasteiger partial charge in [0, 0.05) is 25.0 Å². The number of rotatable bonds is 4. The molecular weight excluding hydrogens is 250 g/mol. The van der Waals surface area contributed by atoms with E-state index in [4.69, 9.17) is 5.73 Å². The number of aliphatic hydroxyl groups excluding tert-OH is 2. The van der Waals surface area contributed by atoms with Crippen LogP contribution in [0.25, 0.3) is 10.8 Å². The minimum absolute atomic E-state index is 0.0960. The summed E-state index contributed by atoms with van der Waals surface area (Å²) in [4.78, 5) is 14.3. The molecule has 0 aliphatic rings. The van der Waals surface area contributed by atoms with E-state index in [2.05, 4.69) is 4.98 Å². The van der Waals surface area contributed by atoms with Crippen LogP contribution < -0.4 is 5.73 Å². The van der Waals surface area contributed by atoms with E-state index in [0.29, 0.717) is 16.3 Å². The molecule has 1 aromatic heterocycles. The Morgan fingerprint density at radius 2 is 2.05 bits per heavy atom. The lowest BCUT2D eigenvalue weighted by molar-refractivity contribution is -0.383. The molecule has 0 saturated carbocycles. The van der Waals surface area contributed by atoms with Crippen LogP contribution in [0.1, 0.15) is 11.7 Å². The van der Waals surface area contributed by atoms with Gasteiger partial charge in [-0.05, 0) is 23.1 Å². The maximum absolute atomic E-state index is 10.9. The number of nitro benzene ring substituents is 1. The third kappa shape index (κ3) is 2.39. The molecule has 2 rings (SSSR count). The molecule has 0 aliphatic heterocycles. The zero-order chi connectivity index (χ0) is 14.0. The molecule has 0 radical (unpaired) electrons. The Kier molecular flexibility index (Phi) is 3.70. The van der Waals surface area contributed by atoms with E-state index >= 15 is 0 Å². The highest BCUT2D eigenvalue weighted by atomic mass is 16.6. The fourth-order valence-corrected chi connectivity index (χ4v) is 1.95. The van der Waals surface area contributed by atoms with Crippen LogP contribution in [-0.2, 0) is 0 Å². The zero-order valence-electron chi connectivity index (χ0n) is 9.93. The highest BCUT2D eigenvalue weighted by Crippen LogP contribution is 2.31. The predicted molar refractivity (Wildman–Crippen MR) is 68.4 cm³/mol. The number of nitrogens with two attached hydrogens (primary N) is 1. The average molecular weight is 263 g/mol. The Hall–Kier alpha value is -2.09. The number of aromatic nitrogens is 1. The quantitative estimate of drug-likeness (QED) is 0.545. The number of hydrogen-bond acceptors (Lipinski definition) is 6. The Bertz CT molecular complexity index is 617. The normalized spacial score (nSPS) is 14.3. The molecule has 1 heterocycles. The van der Waals surface area contributed by atoms with Gasteiger partial charge in [-0.15, -0.1) is 0 Å². The van der Waals surface area contributed by atoms with E-state index < -0.39 is 17.1 Å². The standard InChI is InChI=1S/C12H13N3O4/c13-5-11(16)12(17)8-1-2-10(15(18)19)9-6-14-4-3-7(8)9/h1-4,6,11-12,16-17H,5,13H2. The first-order valence-electron chi connectivity index (χ1n) is 5.63. The minimum Gasteiger partial charge on any atom is -0.389 e. The first kappa shape index (κ1) is 13.3. The average Bonchev–Trinajstić information content (AvgIpc) is 2.44. The van der Waals surface area contributed by atoms with E-state index in [1.807, 2.05) is 0 Å². The van der Waals surface area contributed by atoms with Gasteiger partial charge >= 0.3 is 0 Å². The van der Waals surface area contributed by atoms with Gasteiger partial charge < -0.3 is 15.9 Å². The maximum atomic E-state index is 10.9. The molecule has 2 unspecified atom stereocenters. The molecule has 0 fully saturated rings. The Morgan fingerprint density at radius 1 is 1.32 bits per heavy atom. The van der Waals surface area contributed by atoms with E-state index in [0.717, 1.165) is 0 Å². The Balaban J connectivity index is 2.65. The molecule has 19 heavy (non-hydrogen) atoms. The smallest absolute Gasteiger partial charge is 0.278 e. The molecule has 7 nitrogen and oxygen atoms in total. The van der Waals surface area contributed by atoms with Crippen molar-refractivity contribution in [3.8, 4) is 0 Å². The molecule has 4 N–H and O–H groups in total. The number of hydrogen-bond donors (Lipinski definition) is 3. The molecule has 1 aromatic carbocycles. The summed E-state index contributed by atoms with van der Waals surface area (Å²) in [5.41, 5.74) is 5.60. The second-order valence-electron chi connectivity index (χ2n) is 4.10. The van der Waals surface area contributed by atoms with Gasteiger partial charge in [-0.3, -0.25) is 15.1 Å². The number of non-ortho nitro benzene ring substituents is 1. The molecule has 0 saturated heterocycles. The second kappa shape index (κ2) is 5.27. The zero-order valence-corrected chi connectivity index (χ0v) is 9.93. The number of nitro groups is 1. The predicted octanol–water partition coefficient (Wildman–Crippen LogP) is 0.496. The van der Waals surface area contributed by atoms with Gasteiger partial charge in [-0.25, -0.2) is 0 Å². The van der Waals surface area contributed by atoms with Crippen molar-refractivity contribution >= 4 is 16.5 Å². The van der Waals surface area contributed by atoms with Crippen molar-refractivity contribution < 1.29 is 15.1 Å². The minimum atomic E-state index is -1.20. The molecular formula is C12H13N3O4. The first-order chi connectivity index (χ1) is 9.06. The summed E-state index contributed by atoms with van der Waals surface area (Å²) in [5, 5.41) is 31.3. The van der Waals surface area contributed by atoms with Crippen molar-refractivity contribution in [3.05, 3.63) is 46.3 Å². The summed E-state index contributed by atoms with van der Waals surface area (Å²) in [6.07, 6.45) is 0.504. The second-order valence-corrected chi connectivity index (χ2v) is 4.10. The van der Waals surface area contributed by atoms with Crippen LogP contribution in [0.4, 0.5) is 5.69 Å². The molecule has 0 amide bonds. The Labute approximate surface area is 108 Å². The third-order valence-corrected chi connectivity index (χ3v) is 2.95. The van der Waals surface area contributed by atoms with Crippen LogP contribution in [0.3, 0.4) is 0 Å². The number of benzene rings is 1. The molecule has 2 atom stereocenters. The van der Waals surface area contributed by atoms with Crippen molar-refractivity contribution in [2.24, 2.45) is 5.73 Å². The van der Waals surface area contributed by atoms with Crippen LogP contribution in [0.5, 0.6) is 0 Å². The van der Waals surface area contributed by atoms with E-state index in [1.165, 1.54) is 24.5 Å². The van der Waals surface area contributed by atoms with Crippen LogP contribution in [-0.4, -0.2) is 32.8 Å². The summed E-state index contributed by atoms with van der Waals surface area (Å²) in [5.74, 6) is 0. The first-order valence-corrected chi connectivity index (χ1v) is 5.63. The van der Waals surface area contributed by atoms with Gasteiger partial charge in [0.25, 0.3) is 5.69 Å². The van der Waals surface area contributed by atoms with Gasteiger partial charge in [0.05, 0.1) is 16.4 Å². The molecule has 0 bridgehead atoms. The largest absolute Gasteiger partial charge is 0.389 e. The van der Waals surface area contributed by atoms with Crippen LogP contribution in [0, 0.1) is 10.1 Å². The van der Waals surface area contributed by atoms with Gasteiger partial charge in [0.15, 0.2) is 0 Å². The summed E-state index contributed by atoms with van der Waals surface area (Å²) in [6, 6.07) is 4.26. The van der Waals surface area contributed by atoms with Gasteiger partial charge in [0.1, 0.15) is 6.10 Å². The lowest BCUT2D eigenvalue weighted by Crippen LogP contribution is -2.27. The topological polar surface area (TPSA) is 123 Å². The van der Waals surface area contributed by atoms with Crippen molar-refractivity contribution in [1.29, 1.82) is 0 Å². The number of nitrogens with zero attached hydrogens (tertiary/aromatic N) is 2. The summed E-state index contributed by atoms with van der Waals surface area (Å²) < 4.78 is 0. The van der Waals surface area contributed by atoms with Crippen molar-refractivity contribution in [1.82, 2.24) is 4.98 Å². The third-order valence-electron chi connectivity index (χ3n) is 2.95. The SMILES string of the molecule is NCC(O)C(O)c1ccc([N+](=O)[O-])c2cnccc12. The highest BCUT2D eigenvalue weighted by Gasteiger charge is 2.22. The highest BCUT2D eigenvalue weighted by molar-refractivity contribution is 5.92. The van der Waals surface area contributed by atoms with Crippen molar-refractivity contribution in [2.45, 2.75) is 12.2 Å². The number of pyridine rings is 1. The monoisotopic (exact) mass is 263 g/mol. The van der Waals surface area contributed by atoms with Crippen LogP contribution in [0.2, 0.25) is 0 Å². The maximum Gasteiger partial charge on any atom is 0.278 e. The number of aliphatic hydroxyl groups is 2. The summed E-state index contributed by atoms with van der Waals surface area (Å²) >= 11 is 0. The van der Waals surface area contributed by atoms with E-state index in [-0.39, 0.29) is 12.2 Å². The van der Waals surface area contributed by atoms with Gasteiger partial charge in [0.2, 0.25) is 0 Å². The Morgan fingerprint density at radius 3 is 2.68 bits per heavy atom. The molecule has 2 aromatic rings. The van der Waals surface area contributed by atoms with Crippen LogP contribution >= 0.6 is 0 Å². The number of fused-ring (bicyclic) bond motifs is 1. The lowest BCUT2D eigenvalue weighted by atomic mass is 9.97. The van der Waals surface area contributed by atoms with Crippen LogP contribution in [0.15, 0.2) is 30.6 Å². The van der Waals surface area contributed by atoms with E-state index in [1.54, 1.807) is 6.07 Å². The van der Waals surface area contributed by atoms with Crippen molar-refractivity contribution in [2.75, 3.05) is 6.54 Å². The summed E-state index contributed by atoms with van der Waals surface area (Å²) in [7, 11) is 0. The molecule has 100 valence electrons. The van der Waals surface area contributed by atoms with Gasteiger partial charge in [-0.1, -0.05) is 0 Å².